The molecule has 0 saturated heterocycles. The molecule has 7 nitrogen and oxygen atoms in total. The Hall–Kier alpha value is -3.09. The van der Waals surface area contributed by atoms with E-state index in [0.717, 1.165) is 0 Å². The molecule has 1 heterocycles. The number of ketones is 1. The van der Waals surface area contributed by atoms with Crippen LogP contribution in [0.5, 0.6) is 17.2 Å². The van der Waals surface area contributed by atoms with Crippen LogP contribution in [0.3, 0.4) is 0 Å². The number of aromatic nitrogens is 1. The van der Waals surface area contributed by atoms with E-state index in [4.69, 9.17) is 14.2 Å². The number of ether oxygens (including phenoxy) is 3. The average molecular weight is 430 g/mol. The number of para-hydroxylation sites is 1. The number of pyridine rings is 1. The highest BCUT2D eigenvalue weighted by Crippen LogP contribution is 2.29. The lowest BCUT2D eigenvalue weighted by atomic mass is 10.0. The number of rotatable bonds is 11. The number of carbonyl (C=O) groups is 2. The Morgan fingerprint density at radius 2 is 1.74 bits per heavy atom. The monoisotopic (exact) mass is 429 g/mol. The molecule has 7 heteroatoms. The third-order valence-corrected chi connectivity index (χ3v) is 4.78. The van der Waals surface area contributed by atoms with Crippen LogP contribution in [0.4, 0.5) is 0 Å². The minimum absolute atomic E-state index is 0.0994. The van der Waals surface area contributed by atoms with Crippen LogP contribution in [0.25, 0.3) is 0 Å². The van der Waals surface area contributed by atoms with Gasteiger partial charge in [0.25, 0.3) is 0 Å². The molecule has 168 valence electrons. The van der Waals surface area contributed by atoms with E-state index >= 15 is 0 Å². The van der Waals surface area contributed by atoms with Crippen molar-refractivity contribution in [2.75, 3.05) is 6.61 Å². The van der Waals surface area contributed by atoms with E-state index in [-0.39, 0.29) is 35.6 Å². The van der Waals surface area contributed by atoms with Crippen LogP contribution in [0.1, 0.15) is 51.5 Å². The van der Waals surface area contributed by atoms with Crippen LogP contribution >= 0.6 is 0 Å². The molecule has 0 saturated carbocycles. The quantitative estimate of drug-likeness (QED) is 0.417. The van der Waals surface area contributed by atoms with E-state index in [1.54, 1.807) is 20.8 Å². The fourth-order valence-corrected chi connectivity index (χ4v) is 3.17. The maximum absolute atomic E-state index is 12.6. The highest BCUT2D eigenvalue weighted by molar-refractivity contribution is 5.99. The van der Waals surface area contributed by atoms with Gasteiger partial charge in [0.15, 0.2) is 23.0 Å². The summed E-state index contributed by atoms with van der Waals surface area (Å²) < 4.78 is 16.9. The van der Waals surface area contributed by atoms with Gasteiger partial charge in [-0.2, -0.15) is 0 Å². The summed E-state index contributed by atoms with van der Waals surface area (Å²) in [7, 11) is 0. The molecule has 1 aromatic heterocycles. The number of hydrogen-bond donors (Lipinski definition) is 1. The molecule has 3 atom stereocenters. The lowest BCUT2D eigenvalue weighted by Crippen LogP contribution is -2.38. The second-order valence-electron chi connectivity index (χ2n) is 7.75. The number of carbonyl (C=O) groups excluding carboxylic acids is 2. The van der Waals surface area contributed by atoms with Gasteiger partial charge in [-0.05, 0) is 31.9 Å². The minimum Gasteiger partial charge on any atom is -0.503 e. The summed E-state index contributed by atoms with van der Waals surface area (Å²) in [5, 5.41) is 10.2. The summed E-state index contributed by atoms with van der Waals surface area (Å²) in [6, 6.07) is 10.8. The van der Waals surface area contributed by atoms with Gasteiger partial charge in [0.1, 0.15) is 18.0 Å². The van der Waals surface area contributed by atoms with Gasteiger partial charge in [0, 0.05) is 18.7 Å². The molecule has 0 radical (unpaired) electrons. The molecule has 31 heavy (non-hydrogen) atoms. The minimum atomic E-state index is -0.712. The van der Waals surface area contributed by atoms with E-state index < -0.39 is 23.8 Å². The predicted molar refractivity (Wildman–Crippen MR) is 116 cm³/mol. The first-order valence-corrected chi connectivity index (χ1v) is 10.5. The first-order valence-electron chi connectivity index (χ1n) is 10.5. The summed E-state index contributed by atoms with van der Waals surface area (Å²) >= 11 is 0. The number of esters is 1. The molecular weight excluding hydrogens is 398 g/mol. The van der Waals surface area contributed by atoms with Crippen molar-refractivity contribution < 1.29 is 28.9 Å². The van der Waals surface area contributed by atoms with Crippen molar-refractivity contribution >= 4 is 11.8 Å². The Labute approximate surface area is 183 Å². The molecule has 0 aliphatic heterocycles. The Morgan fingerprint density at radius 1 is 1.06 bits per heavy atom. The van der Waals surface area contributed by atoms with Gasteiger partial charge < -0.3 is 19.3 Å². The summed E-state index contributed by atoms with van der Waals surface area (Å²) in [6.45, 7) is 9.48. The fraction of sp³-hybridized carbons (Fsp3) is 0.458. The largest absolute Gasteiger partial charge is 0.503 e. The highest BCUT2D eigenvalue weighted by atomic mass is 16.6. The Kier molecular flexibility index (Phi) is 8.85. The number of hydrogen-bond acceptors (Lipinski definition) is 7. The molecule has 0 fully saturated rings. The van der Waals surface area contributed by atoms with Crippen molar-refractivity contribution in [3.63, 3.8) is 0 Å². The topological polar surface area (TPSA) is 95.0 Å². The van der Waals surface area contributed by atoms with E-state index in [9.17, 15) is 14.7 Å². The molecule has 1 N–H and O–H groups in total. The molecule has 1 aromatic carbocycles. The van der Waals surface area contributed by atoms with Crippen molar-refractivity contribution in [2.45, 2.75) is 53.2 Å². The third kappa shape index (κ3) is 6.70. The lowest BCUT2D eigenvalue weighted by molar-refractivity contribution is -0.158. The fourth-order valence-electron chi connectivity index (χ4n) is 3.17. The lowest BCUT2D eigenvalue weighted by Gasteiger charge is -2.29. The molecule has 2 aromatic rings. The second kappa shape index (κ2) is 11.3. The zero-order valence-corrected chi connectivity index (χ0v) is 18.7. The van der Waals surface area contributed by atoms with Gasteiger partial charge in [-0.15, -0.1) is 0 Å². The summed E-state index contributed by atoms with van der Waals surface area (Å²) in [4.78, 5) is 29.2. The summed E-state index contributed by atoms with van der Waals surface area (Å²) in [5.41, 5.74) is -0.119. The van der Waals surface area contributed by atoms with E-state index in [2.05, 4.69) is 4.98 Å². The molecule has 0 bridgehead atoms. The van der Waals surface area contributed by atoms with E-state index in [1.165, 1.54) is 12.3 Å². The van der Waals surface area contributed by atoms with Crippen LogP contribution < -0.4 is 9.47 Å². The molecule has 0 aliphatic carbocycles. The number of aromatic hydroxyl groups is 1. The van der Waals surface area contributed by atoms with Crippen LogP contribution in [-0.2, 0) is 9.53 Å². The van der Waals surface area contributed by atoms with Gasteiger partial charge in [-0.25, -0.2) is 4.98 Å². The molecule has 0 aliphatic rings. The summed E-state index contributed by atoms with van der Waals surface area (Å²) in [5.74, 6) is -1.02. The van der Waals surface area contributed by atoms with Crippen LogP contribution in [0.2, 0.25) is 0 Å². The van der Waals surface area contributed by atoms with Crippen molar-refractivity contribution in [3.05, 3.63) is 48.3 Å². The van der Waals surface area contributed by atoms with Crippen molar-refractivity contribution in [1.82, 2.24) is 4.98 Å². The molecule has 0 unspecified atom stereocenters. The molecule has 2 rings (SSSR count). The van der Waals surface area contributed by atoms with Gasteiger partial charge in [0.2, 0.25) is 0 Å². The maximum atomic E-state index is 12.6. The average Bonchev–Trinajstić information content (AvgIpc) is 2.73. The van der Waals surface area contributed by atoms with Crippen molar-refractivity contribution in [3.8, 4) is 17.2 Å². The van der Waals surface area contributed by atoms with Crippen LogP contribution in [0, 0.1) is 11.8 Å². The van der Waals surface area contributed by atoms with Gasteiger partial charge in [-0.3, -0.25) is 9.59 Å². The molecular formula is C24H31NO6. The zero-order chi connectivity index (χ0) is 23.0. The SMILES string of the molecule is CCOc1ccnc(C(=O)C[C@@H](C)C(=O)O[C@@H](C)[C@H](Oc2ccccc2)C(C)C)c1O. The van der Waals surface area contributed by atoms with Crippen LogP contribution in [0.15, 0.2) is 42.6 Å². The first-order chi connectivity index (χ1) is 14.7. The Morgan fingerprint density at radius 3 is 2.35 bits per heavy atom. The Bertz CT molecular complexity index is 868. The van der Waals surface area contributed by atoms with Gasteiger partial charge in [0.05, 0.1) is 12.5 Å². The van der Waals surface area contributed by atoms with Gasteiger partial charge >= 0.3 is 5.97 Å². The standard InChI is InChI=1S/C24H31NO6/c1-6-29-20-12-13-25-21(22(20)27)19(26)14-16(4)24(28)30-17(5)23(15(2)3)31-18-10-8-7-9-11-18/h7-13,15-17,23,27H,6,14H2,1-5H3/t16-,17+,23-/m1/s1. The molecule has 0 amide bonds. The van der Waals surface area contributed by atoms with Crippen molar-refractivity contribution in [1.29, 1.82) is 0 Å². The number of nitrogens with zero attached hydrogens (tertiary/aromatic N) is 1. The third-order valence-electron chi connectivity index (χ3n) is 4.78. The first kappa shape index (κ1) is 24.2. The van der Waals surface area contributed by atoms with Crippen molar-refractivity contribution in [2.24, 2.45) is 11.8 Å². The van der Waals surface area contributed by atoms with Crippen LogP contribution in [-0.4, -0.2) is 40.7 Å². The maximum Gasteiger partial charge on any atom is 0.309 e. The summed E-state index contributed by atoms with van der Waals surface area (Å²) in [6.07, 6.45) is 0.381. The number of Topliss-reactive ketones (excluding diaryl/α,β-unsaturated/α-hetero) is 1. The molecule has 0 spiro atoms. The Balaban J connectivity index is 2.00. The highest BCUT2D eigenvalue weighted by Gasteiger charge is 2.29. The van der Waals surface area contributed by atoms with Gasteiger partial charge in [-0.1, -0.05) is 39.0 Å². The van der Waals surface area contributed by atoms with E-state index in [1.807, 2.05) is 44.2 Å². The predicted octanol–water partition coefficient (Wildman–Crippen LogP) is 4.43. The van der Waals surface area contributed by atoms with E-state index in [0.29, 0.717) is 12.4 Å². The number of benzene rings is 1. The zero-order valence-electron chi connectivity index (χ0n) is 18.7. The normalized spacial score (nSPS) is 13.9. The second-order valence-corrected chi connectivity index (χ2v) is 7.75. The smallest absolute Gasteiger partial charge is 0.309 e.